The predicted octanol–water partition coefficient (Wildman–Crippen LogP) is 2.80. The second-order valence-corrected chi connectivity index (χ2v) is 5.48. The second kappa shape index (κ2) is 7.68. The number of carboxylic acids is 1. The molecule has 0 fully saturated rings. The van der Waals surface area contributed by atoms with E-state index < -0.39 is 12.0 Å². The van der Waals surface area contributed by atoms with Crippen molar-refractivity contribution in [1.82, 2.24) is 5.32 Å². The first kappa shape index (κ1) is 16.2. The van der Waals surface area contributed by atoms with Crippen molar-refractivity contribution >= 4 is 11.9 Å². The quantitative estimate of drug-likeness (QED) is 0.805. The van der Waals surface area contributed by atoms with Gasteiger partial charge in [-0.15, -0.1) is 0 Å². The van der Waals surface area contributed by atoms with Crippen molar-refractivity contribution in [3.05, 3.63) is 35.9 Å². The fourth-order valence-corrected chi connectivity index (χ4v) is 2.06. The standard InChI is InChI=1S/C16H23NO3/c1-11(2)15(16(19)20)17-14(18)10-9-12(3)13-7-5-4-6-8-13/h4-8,11-12,15H,9-10H2,1-3H3,(H,17,18)(H,19,20)/t12?,15-/m0/s1. The van der Waals surface area contributed by atoms with E-state index in [0.717, 1.165) is 0 Å². The highest BCUT2D eigenvalue weighted by molar-refractivity contribution is 5.83. The van der Waals surface area contributed by atoms with Crippen LogP contribution in [0.25, 0.3) is 0 Å². The fraction of sp³-hybridized carbons (Fsp3) is 0.500. The maximum atomic E-state index is 11.8. The van der Waals surface area contributed by atoms with Crippen molar-refractivity contribution in [3.63, 3.8) is 0 Å². The Morgan fingerprint density at radius 2 is 1.75 bits per heavy atom. The molecule has 20 heavy (non-hydrogen) atoms. The van der Waals surface area contributed by atoms with Crippen molar-refractivity contribution in [3.8, 4) is 0 Å². The molecule has 0 aromatic heterocycles. The molecule has 0 spiro atoms. The lowest BCUT2D eigenvalue weighted by Crippen LogP contribution is -2.44. The first-order valence-corrected chi connectivity index (χ1v) is 6.99. The molecule has 1 unspecified atom stereocenters. The first-order valence-electron chi connectivity index (χ1n) is 6.99. The zero-order chi connectivity index (χ0) is 15.1. The molecule has 0 aliphatic carbocycles. The van der Waals surface area contributed by atoms with Gasteiger partial charge in [-0.05, 0) is 23.8 Å². The number of rotatable bonds is 7. The lowest BCUT2D eigenvalue weighted by atomic mass is 9.96. The third kappa shape index (κ3) is 5.03. The normalized spacial score (nSPS) is 13.8. The summed E-state index contributed by atoms with van der Waals surface area (Å²) in [7, 11) is 0. The van der Waals surface area contributed by atoms with Gasteiger partial charge in [0.15, 0.2) is 0 Å². The minimum absolute atomic E-state index is 0.122. The molecule has 2 N–H and O–H groups in total. The van der Waals surface area contributed by atoms with E-state index in [9.17, 15) is 9.59 Å². The first-order chi connectivity index (χ1) is 9.41. The molecule has 1 aromatic rings. The van der Waals surface area contributed by atoms with Crippen molar-refractivity contribution in [2.75, 3.05) is 0 Å². The number of hydrogen-bond donors (Lipinski definition) is 2. The number of amides is 1. The smallest absolute Gasteiger partial charge is 0.326 e. The highest BCUT2D eigenvalue weighted by Gasteiger charge is 2.23. The maximum absolute atomic E-state index is 11.8. The van der Waals surface area contributed by atoms with E-state index in [4.69, 9.17) is 5.11 Å². The highest BCUT2D eigenvalue weighted by Crippen LogP contribution is 2.20. The van der Waals surface area contributed by atoms with Crippen LogP contribution in [0.2, 0.25) is 0 Å². The molecule has 0 bridgehead atoms. The molecule has 0 saturated carbocycles. The molecule has 1 amide bonds. The molecule has 0 aliphatic rings. The summed E-state index contributed by atoms with van der Waals surface area (Å²) in [6.07, 6.45) is 1.05. The van der Waals surface area contributed by atoms with E-state index in [0.29, 0.717) is 12.8 Å². The van der Waals surface area contributed by atoms with Gasteiger partial charge >= 0.3 is 5.97 Å². The van der Waals surface area contributed by atoms with Crippen LogP contribution in [0.4, 0.5) is 0 Å². The van der Waals surface area contributed by atoms with Gasteiger partial charge in [0.1, 0.15) is 6.04 Å². The summed E-state index contributed by atoms with van der Waals surface area (Å²) in [5.74, 6) is -1.02. The topological polar surface area (TPSA) is 66.4 Å². The van der Waals surface area contributed by atoms with Crippen LogP contribution in [0.15, 0.2) is 30.3 Å². The highest BCUT2D eigenvalue weighted by atomic mass is 16.4. The van der Waals surface area contributed by atoms with E-state index in [2.05, 4.69) is 12.2 Å². The number of nitrogens with one attached hydrogen (secondary N) is 1. The molecule has 1 aromatic carbocycles. The van der Waals surface area contributed by atoms with Crippen LogP contribution in [-0.4, -0.2) is 23.0 Å². The largest absolute Gasteiger partial charge is 0.480 e. The number of carbonyl (C=O) groups is 2. The summed E-state index contributed by atoms with van der Waals surface area (Å²) >= 11 is 0. The van der Waals surface area contributed by atoms with Crippen molar-refractivity contribution in [1.29, 1.82) is 0 Å². The zero-order valence-electron chi connectivity index (χ0n) is 12.3. The molecule has 2 atom stereocenters. The van der Waals surface area contributed by atoms with E-state index in [1.54, 1.807) is 13.8 Å². The summed E-state index contributed by atoms with van der Waals surface area (Å²) in [5.41, 5.74) is 1.19. The third-order valence-corrected chi connectivity index (χ3v) is 3.42. The van der Waals surface area contributed by atoms with E-state index in [1.165, 1.54) is 5.56 Å². The Hall–Kier alpha value is -1.84. The van der Waals surface area contributed by atoms with Gasteiger partial charge in [0.05, 0.1) is 0 Å². The van der Waals surface area contributed by atoms with E-state index in [-0.39, 0.29) is 17.7 Å². The minimum atomic E-state index is -0.982. The molecule has 1 rings (SSSR count). The van der Waals surface area contributed by atoms with Crippen LogP contribution in [0, 0.1) is 5.92 Å². The lowest BCUT2D eigenvalue weighted by Gasteiger charge is -2.18. The van der Waals surface area contributed by atoms with Crippen LogP contribution >= 0.6 is 0 Å². The van der Waals surface area contributed by atoms with Crippen molar-refractivity contribution < 1.29 is 14.7 Å². The molecular formula is C16H23NO3. The average molecular weight is 277 g/mol. The van der Waals surface area contributed by atoms with Crippen molar-refractivity contribution in [2.24, 2.45) is 5.92 Å². The van der Waals surface area contributed by atoms with Gasteiger partial charge in [-0.25, -0.2) is 4.79 Å². The van der Waals surface area contributed by atoms with Crippen molar-refractivity contribution in [2.45, 2.75) is 45.6 Å². The number of carboxylic acid groups (broad SMARTS) is 1. The molecular weight excluding hydrogens is 254 g/mol. The second-order valence-electron chi connectivity index (χ2n) is 5.48. The van der Waals surface area contributed by atoms with E-state index in [1.807, 2.05) is 30.3 Å². The summed E-state index contributed by atoms with van der Waals surface area (Å²) in [6.45, 7) is 5.64. The Labute approximate surface area is 120 Å². The third-order valence-electron chi connectivity index (χ3n) is 3.42. The Kier molecular flexibility index (Phi) is 6.22. The summed E-state index contributed by atoms with van der Waals surface area (Å²) in [6, 6.07) is 9.18. The fourth-order valence-electron chi connectivity index (χ4n) is 2.06. The number of aliphatic carboxylic acids is 1. The van der Waals surface area contributed by atoms with Crippen LogP contribution < -0.4 is 5.32 Å². The van der Waals surface area contributed by atoms with Gasteiger partial charge in [0.2, 0.25) is 5.91 Å². The summed E-state index contributed by atoms with van der Waals surface area (Å²) in [5, 5.41) is 11.6. The predicted molar refractivity (Wildman–Crippen MR) is 78.5 cm³/mol. The van der Waals surface area contributed by atoms with Gasteiger partial charge in [0.25, 0.3) is 0 Å². The van der Waals surface area contributed by atoms with E-state index >= 15 is 0 Å². The van der Waals surface area contributed by atoms with Gasteiger partial charge < -0.3 is 10.4 Å². The molecule has 0 saturated heterocycles. The Bertz CT molecular complexity index is 442. The van der Waals surface area contributed by atoms with Crippen LogP contribution in [-0.2, 0) is 9.59 Å². The van der Waals surface area contributed by atoms with Crippen LogP contribution in [0.5, 0.6) is 0 Å². The van der Waals surface area contributed by atoms with Crippen LogP contribution in [0.3, 0.4) is 0 Å². The molecule has 4 nitrogen and oxygen atoms in total. The number of carbonyl (C=O) groups excluding carboxylic acids is 1. The minimum Gasteiger partial charge on any atom is -0.480 e. The van der Waals surface area contributed by atoms with Gasteiger partial charge in [0, 0.05) is 6.42 Å². The van der Waals surface area contributed by atoms with Gasteiger partial charge in [-0.1, -0.05) is 51.1 Å². The molecule has 110 valence electrons. The van der Waals surface area contributed by atoms with Crippen LogP contribution in [0.1, 0.15) is 45.1 Å². The maximum Gasteiger partial charge on any atom is 0.326 e. The number of benzene rings is 1. The monoisotopic (exact) mass is 277 g/mol. The Morgan fingerprint density at radius 3 is 2.25 bits per heavy atom. The Balaban J connectivity index is 2.45. The molecule has 0 aliphatic heterocycles. The van der Waals surface area contributed by atoms with Gasteiger partial charge in [-0.2, -0.15) is 0 Å². The summed E-state index contributed by atoms with van der Waals surface area (Å²) in [4.78, 5) is 22.8. The average Bonchev–Trinajstić information content (AvgIpc) is 2.42. The Morgan fingerprint density at radius 1 is 1.15 bits per heavy atom. The molecule has 0 radical (unpaired) electrons. The summed E-state index contributed by atoms with van der Waals surface area (Å²) < 4.78 is 0. The van der Waals surface area contributed by atoms with Gasteiger partial charge in [-0.3, -0.25) is 4.79 Å². The SMILES string of the molecule is CC(CCC(=O)N[C@H](C(=O)O)C(C)C)c1ccccc1. The number of hydrogen-bond acceptors (Lipinski definition) is 2. The zero-order valence-corrected chi connectivity index (χ0v) is 12.3. The lowest BCUT2D eigenvalue weighted by molar-refractivity contribution is -0.143. The molecule has 4 heteroatoms. The molecule has 0 heterocycles.